The molecule has 18 heavy (non-hydrogen) atoms. The summed E-state index contributed by atoms with van der Waals surface area (Å²) in [6.45, 7) is 8.82. The molecule has 5 nitrogen and oxygen atoms in total. The van der Waals surface area contributed by atoms with Gasteiger partial charge in [0, 0.05) is 12.6 Å². The van der Waals surface area contributed by atoms with Crippen LogP contribution in [0.3, 0.4) is 0 Å². The summed E-state index contributed by atoms with van der Waals surface area (Å²) in [6, 6.07) is 6.40. The van der Waals surface area contributed by atoms with Crippen molar-refractivity contribution in [1.82, 2.24) is 25.1 Å². The summed E-state index contributed by atoms with van der Waals surface area (Å²) >= 11 is 0. The molecule has 2 aromatic rings. The molecule has 0 amide bonds. The van der Waals surface area contributed by atoms with Crippen LogP contribution in [-0.2, 0) is 6.54 Å². The molecular formula is C13H19N5. The zero-order valence-corrected chi connectivity index (χ0v) is 11.3. The fourth-order valence-corrected chi connectivity index (χ4v) is 1.73. The van der Waals surface area contributed by atoms with E-state index in [4.69, 9.17) is 0 Å². The van der Waals surface area contributed by atoms with Crippen molar-refractivity contribution in [2.24, 2.45) is 0 Å². The van der Waals surface area contributed by atoms with E-state index in [0.29, 0.717) is 6.04 Å². The van der Waals surface area contributed by atoms with Crippen LogP contribution in [0.2, 0.25) is 0 Å². The van der Waals surface area contributed by atoms with E-state index in [0.717, 1.165) is 29.7 Å². The molecule has 0 aromatic carbocycles. The van der Waals surface area contributed by atoms with Crippen molar-refractivity contribution >= 4 is 0 Å². The largest absolute Gasteiger partial charge is 0.309 e. The van der Waals surface area contributed by atoms with E-state index in [-0.39, 0.29) is 0 Å². The van der Waals surface area contributed by atoms with Crippen molar-refractivity contribution in [2.75, 3.05) is 0 Å². The summed E-state index contributed by atoms with van der Waals surface area (Å²) in [5.74, 6) is 2.44. The monoisotopic (exact) mass is 245 g/mol. The lowest BCUT2D eigenvalue weighted by atomic mass is 10.3. The van der Waals surface area contributed by atoms with Gasteiger partial charge in [-0.25, -0.2) is 9.97 Å². The number of hydrogen-bond donors (Lipinski definition) is 1. The molecule has 0 spiro atoms. The van der Waals surface area contributed by atoms with Crippen LogP contribution in [0.4, 0.5) is 0 Å². The number of hydrogen-bond acceptors (Lipinski definition) is 4. The highest BCUT2D eigenvalue weighted by Crippen LogP contribution is 2.07. The Kier molecular flexibility index (Phi) is 3.72. The van der Waals surface area contributed by atoms with Gasteiger partial charge in [-0.3, -0.25) is 0 Å². The van der Waals surface area contributed by atoms with E-state index < -0.39 is 0 Å². The van der Waals surface area contributed by atoms with E-state index in [1.54, 1.807) is 4.68 Å². The van der Waals surface area contributed by atoms with Crippen molar-refractivity contribution in [3.63, 3.8) is 0 Å². The van der Waals surface area contributed by atoms with Crippen LogP contribution >= 0.6 is 0 Å². The molecule has 0 unspecified atom stereocenters. The minimum absolute atomic E-state index is 0.450. The predicted octanol–water partition coefficient (Wildman–Crippen LogP) is 1.78. The summed E-state index contributed by atoms with van der Waals surface area (Å²) in [7, 11) is 0. The van der Waals surface area contributed by atoms with Gasteiger partial charge in [-0.15, -0.1) is 5.10 Å². The molecule has 0 aliphatic heterocycles. The van der Waals surface area contributed by atoms with E-state index in [1.807, 2.05) is 32.0 Å². The second-order valence-corrected chi connectivity index (χ2v) is 4.64. The molecular weight excluding hydrogens is 226 g/mol. The Morgan fingerprint density at radius 3 is 2.61 bits per heavy atom. The van der Waals surface area contributed by atoms with Gasteiger partial charge in [0.25, 0.3) is 0 Å². The van der Waals surface area contributed by atoms with Gasteiger partial charge in [0.05, 0.1) is 5.69 Å². The second-order valence-electron chi connectivity index (χ2n) is 4.64. The fraction of sp³-hybridized carbons (Fsp3) is 0.462. The average Bonchev–Trinajstić information content (AvgIpc) is 2.66. The summed E-state index contributed by atoms with van der Waals surface area (Å²) in [6.07, 6.45) is 0. The molecule has 0 aliphatic rings. The lowest BCUT2D eigenvalue weighted by molar-refractivity contribution is 0.580. The van der Waals surface area contributed by atoms with Crippen molar-refractivity contribution in [1.29, 1.82) is 0 Å². The Hall–Kier alpha value is -1.75. The highest BCUT2D eigenvalue weighted by atomic mass is 15.4. The summed E-state index contributed by atoms with van der Waals surface area (Å²) in [5.41, 5.74) is 1.01. The van der Waals surface area contributed by atoms with Crippen molar-refractivity contribution in [2.45, 2.75) is 40.3 Å². The first kappa shape index (κ1) is 12.7. The predicted molar refractivity (Wildman–Crippen MR) is 70.6 cm³/mol. The summed E-state index contributed by atoms with van der Waals surface area (Å²) in [5, 5.41) is 7.69. The standard InChI is InChI=1S/C13H19N5/c1-9(2)14-8-12-6-5-7-13(16-12)18-11(4)15-10(3)17-18/h5-7,9,14H,8H2,1-4H3. The maximum atomic E-state index is 4.59. The minimum Gasteiger partial charge on any atom is -0.309 e. The van der Waals surface area contributed by atoms with Gasteiger partial charge in [-0.2, -0.15) is 4.68 Å². The zero-order chi connectivity index (χ0) is 13.1. The lowest BCUT2D eigenvalue weighted by Crippen LogP contribution is -2.22. The number of rotatable bonds is 4. The van der Waals surface area contributed by atoms with Crippen LogP contribution in [0.5, 0.6) is 0 Å². The Bertz CT molecular complexity index is 530. The summed E-state index contributed by atoms with van der Waals surface area (Å²) < 4.78 is 1.77. The SMILES string of the molecule is Cc1nc(C)n(-c2cccc(CNC(C)C)n2)n1. The minimum atomic E-state index is 0.450. The van der Waals surface area contributed by atoms with Crippen LogP contribution in [0.1, 0.15) is 31.2 Å². The molecule has 96 valence electrons. The van der Waals surface area contributed by atoms with E-state index in [1.165, 1.54) is 0 Å². The molecule has 1 N–H and O–H groups in total. The Balaban J connectivity index is 2.24. The van der Waals surface area contributed by atoms with Crippen molar-refractivity contribution in [3.8, 4) is 5.82 Å². The molecule has 5 heteroatoms. The third-order valence-corrected chi connectivity index (χ3v) is 2.58. The lowest BCUT2D eigenvalue weighted by Gasteiger charge is -2.09. The van der Waals surface area contributed by atoms with Gasteiger partial charge in [-0.05, 0) is 26.0 Å². The highest BCUT2D eigenvalue weighted by Gasteiger charge is 2.07. The van der Waals surface area contributed by atoms with Crippen LogP contribution < -0.4 is 5.32 Å². The van der Waals surface area contributed by atoms with Crippen LogP contribution in [0.15, 0.2) is 18.2 Å². The van der Waals surface area contributed by atoms with E-state index in [2.05, 4.69) is 34.2 Å². The Morgan fingerprint density at radius 2 is 2.00 bits per heavy atom. The number of aryl methyl sites for hydroxylation is 2. The van der Waals surface area contributed by atoms with Crippen LogP contribution in [0, 0.1) is 13.8 Å². The van der Waals surface area contributed by atoms with Crippen molar-refractivity contribution in [3.05, 3.63) is 35.5 Å². The maximum Gasteiger partial charge on any atom is 0.155 e. The zero-order valence-electron chi connectivity index (χ0n) is 11.3. The molecule has 0 radical (unpaired) electrons. The van der Waals surface area contributed by atoms with Gasteiger partial charge >= 0.3 is 0 Å². The molecule has 2 rings (SSSR count). The van der Waals surface area contributed by atoms with Crippen molar-refractivity contribution < 1.29 is 0 Å². The second kappa shape index (κ2) is 5.27. The Labute approximate surface area is 107 Å². The fourth-order valence-electron chi connectivity index (χ4n) is 1.73. The normalized spacial score (nSPS) is 11.2. The van der Waals surface area contributed by atoms with Gasteiger partial charge in [0.15, 0.2) is 5.82 Å². The first-order valence-electron chi connectivity index (χ1n) is 6.16. The molecule has 0 saturated heterocycles. The van der Waals surface area contributed by atoms with Gasteiger partial charge < -0.3 is 5.32 Å². The molecule has 0 aliphatic carbocycles. The Morgan fingerprint density at radius 1 is 1.22 bits per heavy atom. The van der Waals surface area contributed by atoms with Crippen LogP contribution in [0.25, 0.3) is 5.82 Å². The number of aromatic nitrogens is 4. The molecule has 2 heterocycles. The first-order chi connectivity index (χ1) is 8.56. The molecule has 0 saturated carbocycles. The van der Waals surface area contributed by atoms with Gasteiger partial charge in [0.1, 0.15) is 11.6 Å². The van der Waals surface area contributed by atoms with Gasteiger partial charge in [0.2, 0.25) is 0 Å². The topological polar surface area (TPSA) is 55.6 Å². The molecule has 0 bridgehead atoms. The number of nitrogens with zero attached hydrogens (tertiary/aromatic N) is 4. The molecule has 0 fully saturated rings. The summed E-state index contributed by atoms with van der Waals surface area (Å²) in [4.78, 5) is 8.87. The quantitative estimate of drug-likeness (QED) is 0.892. The number of pyridine rings is 1. The van der Waals surface area contributed by atoms with E-state index in [9.17, 15) is 0 Å². The maximum absolute atomic E-state index is 4.59. The van der Waals surface area contributed by atoms with Crippen LogP contribution in [-0.4, -0.2) is 25.8 Å². The third kappa shape index (κ3) is 2.92. The number of nitrogens with one attached hydrogen (secondary N) is 1. The van der Waals surface area contributed by atoms with Gasteiger partial charge in [-0.1, -0.05) is 19.9 Å². The average molecular weight is 245 g/mol. The third-order valence-electron chi connectivity index (χ3n) is 2.58. The first-order valence-corrected chi connectivity index (χ1v) is 6.16. The smallest absolute Gasteiger partial charge is 0.155 e. The highest BCUT2D eigenvalue weighted by molar-refractivity contribution is 5.24. The molecule has 2 aromatic heterocycles. The molecule has 0 atom stereocenters. The van der Waals surface area contributed by atoms with E-state index >= 15 is 0 Å².